The van der Waals surface area contributed by atoms with Gasteiger partial charge in [-0.1, -0.05) is 18.2 Å². The molecule has 0 heterocycles. The van der Waals surface area contributed by atoms with Crippen molar-refractivity contribution in [2.75, 3.05) is 0 Å². The Balaban J connectivity index is 2.44. The molecule has 2 rings (SSSR count). The lowest BCUT2D eigenvalue weighted by atomic mass is 9.89. The molecule has 0 nitrogen and oxygen atoms in total. The lowest BCUT2D eigenvalue weighted by Crippen LogP contribution is -2.04. The van der Waals surface area contributed by atoms with Crippen molar-refractivity contribution in [2.45, 2.75) is 45.4 Å². The molecular formula is C15H19Cl. The summed E-state index contributed by atoms with van der Waals surface area (Å²) in [5.74, 6) is 0. The summed E-state index contributed by atoms with van der Waals surface area (Å²) in [6, 6.07) is 4.59. The summed E-state index contributed by atoms with van der Waals surface area (Å²) in [6.07, 6.45) is 5.75. The number of hydrogen-bond donors (Lipinski definition) is 0. The Morgan fingerprint density at radius 1 is 1.06 bits per heavy atom. The zero-order chi connectivity index (χ0) is 11.7. The monoisotopic (exact) mass is 234 g/mol. The van der Waals surface area contributed by atoms with Crippen LogP contribution in [0, 0.1) is 20.8 Å². The molecule has 1 aromatic rings. The molecule has 0 saturated carbocycles. The summed E-state index contributed by atoms with van der Waals surface area (Å²) < 4.78 is 0. The molecule has 1 aliphatic rings. The Hall–Kier alpha value is -0.750. The van der Waals surface area contributed by atoms with Crippen LogP contribution in [0.5, 0.6) is 0 Å². The number of allylic oxidation sites excluding steroid dienone is 2. The first kappa shape index (κ1) is 11.7. The largest absolute Gasteiger partial charge is 0.118 e. The zero-order valence-electron chi connectivity index (χ0n) is 10.3. The second-order valence-electron chi connectivity index (χ2n) is 4.85. The molecule has 0 amide bonds. The van der Waals surface area contributed by atoms with E-state index in [9.17, 15) is 0 Å². The highest BCUT2D eigenvalue weighted by atomic mass is 35.5. The predicted molar refractivity (Wildman–Crippen MR) is 72.1 cm³/mol. The summed E-state index contributed by atoms with van der Waals surface area (Å²) in [6.45, 7) is 6.55. The molecule has 1 unspecified atom stereocenters. The first-order chi connectivity index (χ1) is 7.58. The third-order valence-corrected chi connectivity index (χ3v) is 3.84. The molecule has 0 radical (unpaired) electrons. The van der Waals surface area contributed by atoms with Crippen LogP contribution in [0.15, 0.2) is 18.2 Å². The van der Waals surface area contributed by atoms with Crippen LogP contribution in [0.3, 0.4) is 0 Å². The van der Waals surface area contributed by atoms with Crippen LogP contribution in [0.1, 0.15) is 41.5 Å². The van der Waals surface area contributed by atoms with E-state index >= 15 is 0 Å². The van der Waals surface area contributed by atoms with Gasteiger partial charge in [0.1, 0.15) is 0 Å². The minimum absolute atomic E-state index is 0.227. The topological polar surface area (TPSA) is 0 Å². The molecule has 16 heavy (non-hydrogen) atoms. The molecule has 0 spiro atoms. The molecule has 0 aliphatic heterocycles. The van der Waals surface area contributed by atoms with Crippen molar-refractivity contribution in [3.05, 3.63) is 40.5 Å². The van der Waals surface area contributed by atoms with E-state index in [-0.39, 0.29) is 5.38 Å². The zero-order valence-corrected chi connectivity index (χ0v) is 11.1. The van der Waals surface area contributed by atoms with E-state index in [1.165, 1.54) is 40.7 Å². The Morgan fingerprint density at radius 3 is 2.44 bits per heavy atom. The van der Waals surface area contributed by atoms with E-state index in [1.54, 1.807) is 0 Å². The van der Waals surface area contributed by atoms with Crippen molar-refractivity contribution < 1.29 is 0 Å². The first-order valence-corrected chi connectivity index (χ1v) is 6.44. The second-order valence-corrected chi connectivity index (χ2v) is 5.41. The van der Waals surface area contributed by atoms with E-state index in [0.717, 1.165) is 6.42 Å². The van der Waals surface area contributed by atoms with Crippen molar-refractivity contribution in [3.63, 3.8) is 0 Å². The van der Waals surface area contributed by atoms with E-state index in [2.05, 4.69) is 39.0 Å². The average Bonchev–Trinajstić information content (AvgIpc) is 2.23. The van der Waals surface area contributed by atoms with Crippen LogP contribution in [0.4, 0.5) is 0 Å². The summed E-state index contributed by atoms with van der Waals surface area (Å²) in [7, 11) is 0. The van der Waals surface area contributed by atoms with Crippen LogP contribution in [0.25, 0.3) is 5.57 Å². The van der Waals surface area contributed by atoms with Crippen LogP contribution in [-0.2, 0) is 0 Å². The number of rotatable bonds is 1. The lowest BCUT2D eigenvalue weighted by Gasteiger charge is -2.19. The maximum absolute atomic E-state index is 6.21. The minimum Gasteiger partial charge on any atom is -0.118 e. The number of alkyl halides is 1. The Labute approximate surface area is 103 Å². The van der Waals surface area contributed by atoms with Gasteiger partial charge in [0, 0.05) is 0 Å². The van der Waals surface area contributed by atoms with E-state index in [0.29, 0.717) is 0 Å². The summed E-state index contributed by atoms with van der Waals surface area (Å²) >= 11 is 6.21. The van der Waals surface area contributed by atoms with Gasteiger partial charge in [-0.15, -0.1) is 11.6 Å². The molecular weight excluding hydrogens is 216 g/mol. The fourth-order valence-electron chi connectivity index (χ4n) is 2.40. The summed E-state index contributed by atoms with van der Waals surface area (Å²) in [5.41, 5.74) is 6.96. The smallest absolute Gasteiger partial charge is 0.0522 e. The maximum Gasteiger partial charge on any atom is 0.0522 e. The molecule has 1 aliphatic carbocycles. The normalized spacial score (nSPS) is 20.8. The molecule has 86 valence electrons. The standard InChI is InChI=1S/C15H19Cl/c1-10-7-12(3)15(8-11(10)2)13-5-4-6-14(16)9-13/h7-9,14H,4-6H2,1-3H3. The summed E-state index contributed by atoms with van der Waals surface area (Å²) in [4.78, 5) is 0. The fraction of sp³-hybridized carbons (Fsp3) is 0.467. The predicted octanol–water partition coefficient (Wildman–Crippen LogP) is 4.79. The van der Waals surface area contributed by atoms with Crippen LogP contribution in [-0.4, -0.2) is 5.38 Å². The molecule has 0 fully saturated rings. The van der Waals surface area contributed by atoms with Gasteiger partial charge < -0.3 is 0 Å². The molecule has 0 N–H and O–H groups in total. The van der Waals surface area contributed by atoms with Crippen molar-refractivity contribution in [2.24, 2.45) is 0 Å². The van der Waals surface area contributed by atoms with Gasteiger partial charge in [-0.25, -0.2) is 0 Å². The van der Waals surface area contributed by atoms with Crippen molar-refractivity contribution >= 4 is 17.2 Å². The highest BCUT2D eigenvalue weighted by Gasteiger charge is 2.14. The fourth-order valence-corrected chi connectivity index (χ4v) is 2.71. The number of aryl methyl sites for hydroxylation is 3. The minimum atomic E-state index is 0.227. The van der Waals surface area contributed by atoms with E-state index in [1.807, 2.05) is 0 Å². The molecule has 0 bridgehead atoms. The van der Waals surface area contributed by atoms with Crippen LogP contribution >= 0.6 is 11.6 Å². The molecule has 1 atom stereocenters. The molecule has 0 aromatic heterocycles. The van der Waals surface area contributed by atoms with Crippen molar-refractivity contribution in [1.82, 2.24) is 0 Å². The Morgan fingerprint density at radius 2 is 1.75 bits per heavy atom. The molecule has 1 heteroatoms. The average molecular weight is 235 g/mol. The van der Waals surface area contributed by atoms with Crippen molar-refractivity contribution in [1.29, 1.82) is 0 Å². The first-order valence-electron chi connectivity index (χ1n) is 6.01. The van der Waals surface area contributed by atoms with Gasteiger partial charge in [0.15, 0.2) is 0 Å². The number of hydrogen-bond acceptors (Lipinski definition) is 0. The Kier molecular flexibility index (Phi) is 3.39. The van der Waals surface area contributed by atoms with Crippen LogP contribution in [0.2, 0.25) is 0 Å². The van der Waals surface area contributed by atoms with Gasteiger partial charge >= 0.3 is 0 Å². The lowest BCUT2D eigenvalue weighted by molar-refractivity contribution is 0.747. The van der Waals surface area contributed by atoms with Crippen molar-refractivity contribution in [3.8, 4) is 0 Å². The van der Waals surface area contributed by atoms with Gasteiger partial charge in [-0.05, 0) is 67.9 Å². The molecule has 1 aromatic carbocycles. The van der Waals surface area contributed by atoms with Gasteiger partial charge in [0.25, 0.3) is 0 Å². The number of halogens is 1. The van der Waals surface area contributed by atoms with Gasteiger partial charge in [-0.2, -0.15) is 0 Å². The third kappa shape index (κ3) is 2.32. The highest BCUT2D eigenvalue weighted by Crippen LogP contribution is 2.32. The summed E-state index contributed by atoms with van der Waals surface area (Å²) in [5, 5.41) is 0.227. The Bertz CT molecular complexity index is 429. The van der Waals surface area contributed by atoms with Gasteiger partial charge in [0.2, 0.25) is 0 Å². The second kappa shape index (κ2) is 4.63. The maximum atomic E-state index is 6.21. The highest BCUT2D eigenvalue weighted by molar-refractivity contribution is 6.22. The quantitative estimate of drug-likeness (QED) is 0.613. The SMILES string of the molecule is Cc1cc(C)c(C2=CC(Cl)CCC2)cc1C. The van der Waals surface area contributed by atoms with Gasteiger partial charge in [-0.3, -0.25) is 0 Å². The number of benzene rings is 1. The van der Waals surface area contributed by atoms with E-state index in [4.69, 9.17) is 11.6 Å². The van der Waals surface area contributed by atoms with Gasteiger partial charge in [0.05, 0.1) is 5.38 Å². The third-order valence-electron chi connectivity index (χ3n) is 3.49. The van der Waals surface area contributed by atoms with Crippen LogP contribution < -0.4 is 0 Å². The molecule has 0 saturated heterocycles. The van der Waals surface area contributed by atoms with E-state index < -0.39 is 0 Å².